The molecule has 0 fully saturated rings. The minimum atomic E-state index is -0.360. The third-order valence-electron chi connectivity index (χ3n) is 2.73. The standard InChI is InChI=1S/C17H16O3/c1-19-16-11-5-10-15(13-16)17(18)20-12-6-9-14-7-3-2-4-8-14/h2-11,13H,12H2,1H3. The highest BCUT2D eigenvalue weighted by Gasteiger charge is 2.06. The summed E-state index contributed by atoms with van der Waals surface area (Å²) in [6.07, 6.45) is 3.73. The normalized spacial score (nSPS) is 10.4. The van der Waals surface area contributed by atoms with E-state index in [9.17, 15) is 4.79 Å². The van der Waals surface area contributed by atoms with Crippen LogP contribution in [-0.2, 0) is 4.74 Å². The summed E-state index contributed by atoms with van der Waals surface area (Å²) in [5.74, 6) is 0.279. The van der Waals surface area contributed by atoms with E-state index in [0.717, 1.165) is 5.56 Å². The molecule has 0 spiro atoms. The average Bonchev–Trinajstić information content (AvgIpc) is 2.52. The van der Waals surface area contributed by atoms with E-state index in [0.29, 0.717) is 11.3 Å². The number of carbonyl (C=O) groups excluding carboxylic acids is 1. The van der Waals surface area contributed by atoms with Gasteiger partial charge in [0.25, 0.3) is 0 Å². The van der Waals surface area contributed by atoms with Crippen molar-refractivity contribution in [3.8, 4) is 5.75 Å². The molecular formula is C17H16O3. The maximum atomic E-state index is 11.8. The van der Waals surface area contributed by atoms with E-state index >= 15 is 0 Å². The molecule has 0 bridgehead atoms. The highest BCUT2D eigenvalue weighted by Crippen LogP contribution is 2.13. The van der Waals surface area contributed by atoms with Gasteiger partial charge in [-0.15, -0.1) is 0 Å². The summed E-state index contributed by atoms with van der Waals surface area (Å²) < 4.78 is 10.2. The minimum Gasteiger partial charge on any atom is -0.497 e. The average molecular weight is 268 g/mol. The maximum Gasteiger partial charge on any atom is 0.338 e. The van der Waals surface area contributed by atoms with Crippen molar-refractivity contribution in [3.63, 3.8) is 0 Å². The second kappa shape index (κ2) is 7.14. The Morgan fingerprint density at radius 2 is 1.90 bits per heavy atom. The van der Waals surface area contributed by atoms with Crippen LogP contribution in [0.2, 0.25) is 0 Å². The van der Waals surface area contributed by atoms with Crippen LogP contribution >= 0.6 is 0 Å². The molecule has 3 nitrogen and oxygen atoms in total. The van der Waals surface area contributed by atoms with Gasteiger partial charge in [0, 0.05) is 0 Å². The molecule has 20 heavy (non-hydrogen) atoms. The first-order valence-corrected chi connectivity index (χ1v) is 6.32. The molecule has 0 radical (unpaired) electrons. The Kier molecular flexibility index (Phi) is 4.95. The first-order valence-electron chi connectivity index (χ1n) is 6.32. The largest absolute Gasteiger partial charge is 0.497 e. The molecule has 2 aromatic rings. The summed E-state index contributed by atoms with van der Waals surface area (Å²) in [5, 5.41) is 0. The summed E-state index contributed by atoms with van der Waals surface area (Å²) >= 11 is 0. The summed E-state index contributed by atoms with van der Waals surface area (Å²) in [4.78, 5) is 11.8. The smallest absolute Gasteiger partial charge is 0.338 e. The number of ether oxygens (including phenoxy) is 2. The third-order valence-corrected chi connectivity index (χ3v) is 2.73. The van der Waals surface area contributed by atoms with E-state index in [-0.39, 0.29) is 12.6 Å². The van der Waals surface area contributed by atoms with Crippen LogP contribution in [0, 0.1) is 0 Å². The van der Waals surface area contributed by atoms with E-state index in [1.807, 2.05) is 42.5 Å². The molecule has 2 aromatic carbocycles. The molecule has 0 aromatic heterocycles. The second-order valence-electron chi connectivity index (χ2n) is 4.14. The van der Waals surface area contributed by atoms with Crippen LogP contribution in [0.5, 0.6) is 5.75 Å². The fourth-order valence-electron chi connectivity index (χ4n) is 1.71. The summed E-state index contributed by atoms with van der Waals surface area (Å²) in [6.45, 7) is 0.241. The molecule has 3 heteroatoms. The molecular weight excluding hydrogens is 252 g/mol. The van der Waals surface area contributed by atoms with Crippen molar-refractivity contribution < 1.29 is 14.3 Å². The molecule has 0 aliphatic carbocycles. The van der Waals surface area contributed by atoms with Crippen LogP contribution in [0.3, 0.4) is 0 Å². The minimum absolute atomic E-state index is 0.241. The van der Waals surface area contributed by atoms with Crippen LogP contribution in [-0.4, -0.2) is 19.7 Å². The summed E-state index contributed by atoms with van der Waals surface area (Å²) in [5.41, 5.74) is 1.56. The Morgan fingerprint density at radius 1 is 1.10 bits per heavy atom. The van der Waals surface area contributed by atoms with Crippen molar-refractivity contribution in [2.45, 2.75) is 0 Å². The number of esters is 1. The third kappa shape index (κ3) is 3.99. The zero-order valence-electron chi connectivity index (χ0n) is 11.3. The number of carbonyl (C=O) groups is 1. The van der Waals surface area contributed by atoms with Gasteiger partial charge in [0.1, 0.15) is 12.4 Å². The highest BCUT2D eigenvalue weighted by atomic mass is 16.5. The predicted molar refractivity (Wildman–Crippen MR) is 78.8 cm³/mol. The van der Waals surface area contributed by atoms with Crippen LogP contribution < -0.4 is 4.74 Å². The van der Waals surface area contributed by atoms with Gasteiger partial charge in [-0.25, -0.2) is 4.79 Å². The Hall–Kier alpha value is -2.55. The molecule has 0 amide bonds. The van der Waals surface area contributed by atoms with Gasteiger partial charge in [0.05, 0.1) is 12.7 Å². The number of rotatable bonds is 5. The summed E-state index contributed by atoms with van der Waals surface area (Å²) in [7, 11) is 1.56. The molecule has 0 aliphatic heterocycles. The molecule has 2 rings (SSSR count). The number of methoxy groups -OCH3 is 1. The molecule has 0 aliphatic rings. The Morgan fingerprint density at radius 3 is 2.65 bits per heavy atom. The van der Waals surface area contributed by atoms with Crippen molar-refractivity contribution in [1.82, 2.24) is 0 Å². The van der Waals surface area contributed by atoms with Gasteiger partial charge in [-0.2, -0.15) is 0 Å². The quantitative estimate of drug-likeness (QED) is 0.778. The van der Waals surface area contributed by atoms with E-state index in [2.05, 4.69) is 0 Å². The van der Waals surface area contributed by atoms with Crippen molar-refractivity contribution in [2.75, 3.05) is 13.7 Å². The second-order valence-corrected chi connectivity index (χ2v) is 4.14. The lowest BCUT2D eigenvalue weighted by molar-refractivity contribution is 0.0549. The van der Waals surface area contributed by atoms with E-state index in [1.54, 1.807) is 31.4 Å². The Bertz CT molecular complexity index is 588. The van der Waals surface area contributed by atoms with Gasteiger partial charge in [-0.3, -0.25) is 0 Å². The molecule has 0 heterocycles. The number of hydrogen-bond acceptors (Lipinski definition) is 3. The van der Waals surface area contributed by atoms with Crippen molar-refractivity contribution in [1.29, 1.82) is 0 Å². The highest BCUT2D eigenvalue weighted by molar-refractivity contribution is 5.89. The van der Waals surface area contributed by atoms with Gasteiger partial charge in [0.15, 0.2) is 0 Å². The molecule has 0 saturated heterocycles. The zero-order valence-corrected chi connectivity index (χ0v) is 11.3. The lowest BCUT2D eigenvalue weighted by Crippen LogP contribution is -2.05. The van der Waals surface area contributed by atoms with Gasteiger partial charge < -0.3 is 9.47 Å². The Balaban J connectivity index is 1.87. The predicted octanol–water partition coefficient (Wildman–Crippen LogP) is 3.57. The van der Waals surface area contributed by atoms with Crippen molar-refractivity contribution in [3.05, 3.63) is 71.8 Å². The topological polar surface area (TPSA) is 35.5 Å². The summed E-state index contributed by atoms with van der Waals surface area (Å²) in [6, 6.07) is 16.8. The SMILES string of the molecule is COc1cccc(C(=O)OCC=Cc2ccccc2)c1. The van der Waals surface area contributed by atoms with Crippen LogP contribution in [0.25, 0.3) is 6.08 Å². The molecule has 0 unspecified atom stereocenters. The first-order chi connectivity index (χ1) is 9.79. The van der Waals surface area contributed by atoms with Gasteiger partial charge >= 0.3 is 5.97 Å². The fraction of sp³-hybridized carbons (Fsp3) is 0.118. The molecule has 0 N–H and O–H groups in total. The molecule has 0 saturated carbocycles. The number of benzene rings is 2. The van der Waals surface area contributed by atoms with Crippen molar-refractivity contribution in [2.24, 2.45) is 0 Å². The van der Waals surface area contributed by atoms with Gasteiger partial charge in [0.2, 0.25) is 0 Å². The van der Waals surface area contributed by atoms with E-state index < -0.39 is 0 Å². The molecule has 0 atom stereocenters. The monoisotopic (exact) mass is 268 g/mol. The Labute approximate surface area is 118 Å². The van der Waals surface area contributed by atoms with Gasteiger partial charge in [-0.1, -0.05) is 42.5 Å². The number of hydrogen-bond donors (Lipinski definition) is 0. The van der Waals surface area contributed by atoms with Crippen LogP contribution in [0.15, 0.2) is 60.7 Å². The van der Waals surface area contributed by atoms with Crippen LogP contribution in [0.4, 0.5) is 0 Å². The lowest BCUT2D eigenvalue weighted by Gasteiger charge is -2.04. The first kappa shape index (κ1) is 13.9. The lowest BCUT2D eigenvalue weighted by atomic mass is 10.2. The van der Waals surface area contributed by atoms with E-state index in [1.165, 1.54) is 0 Å². The van der Waals surface area contributed by atoms with Crippen molar-refractivity contribution >= 4 is 12.0 Å². The molecule has 102 valence electrons. The van der Waals surface area contributed by atoms with E-state index in [4.69, 9.17) is 9.47 Å². The zero-order chi connectivity index (χ0) is 14.2. The van der Waals surface area contributed by atoms with Crippen LogP contribution in [0.1, 0.15) is 15.9 Å². The fourth-order valence-corrected chi connectivity index (χ4v) is 1.71. The van der Waals surface area contributed by atoms with Gasteiger partial charge in [-0.05, 0) is 29.8 Å². The maximum absolute atomic E-state index is 11.8.